The molecule has 6 nitrogen and oxygen atoms in total. The molecule has 118 valence electrons. The molecule has 1 saturated heterocycles. The molecule has 0 saturated carbocycles. The van der Waals surface area contributed by atoms with E-state index >= 15 is 0 Å². The highest BCUT2D eigenvalue weighted by Gasteiger charge is 2.33. The Bertz CT molecular complexity index is 442. The van der Waals surface area contributed by atoms with Crippen LogP contribution >= 0.6 is 0 Å². The number of sulfonamides is 1. The van der Waals surface area contributed by atoms with E-state index in [-0.39, 0.29) is 24.9 Å². The van der Waals surface area contributed by atoms with Gasteiger partial charge in [-0.1, -0.05) is 0 Å². The predicted octanol–water partition coefficient (Wildman–Crippen LogP) is 0.277. The second kappa shape index (κ2) is 6.41. The minimum absolute atomic E-state index is 0.0667. The van der Waals surface area contributed by atoms with E-state index < -0.39 is 15.6 Å². The first-order valence-electron chi connectivity index (χ1n) is 7.01. The van der Waals surface area contributed by atoms with Gasteiger partial charge in [0.25, 0.3) is 0 Å². The number of aliphatic hydroxyl groups is 1. The van der Waals surface area contributed by atoms with Gasteiger partial charge in [-0.3, -0.25) is 4.79 Å². The number of piperidine rings is 1. The fourth-order valence-electron chi connectivity index (χ4n) is 2.52. The van der Waals surface area contributed by atoms with Crippen LogP contribution in [0.3, 0.4) is 0 Å². The average molecular weight is 306 g/mol. The zero-order chi connectivity index (χ0) is 15.6. The fraction of sp³-hybridized carbons (Fsp3) is 0.923. The van der Waals surface area contributed by atoms with Crippen molar-refractivity contribution >= 4 is 15.9 Å². The normalized spacial score (nSPS) is 21.8. The van der Waals surface area contributed by atoms with E-state index in [1.54, 1.807) is 18.7 Å². The predicted molar refractivity (Wildman–Crippen MR) is 77.7 cm³/mol. The number of rotatable bonds is 5. The highest BCUT2D eigenvalue weighted by Crippen LogP contribution is 2.21. The zero-order valence-electron chi connectivity index (χ0n) is 12.8. The summed E-state index contributed by atoms with van der Waals surface area (Å²) in [4.78, 5) is 14.1. The van der Waals surface area contributed by atoms with Crippen molar-refractivity contribution in [2.75, 3.05) is 32.4 Å². The molecule has 1 N–H and O–H groups in total. The number of amides is 1. The van der Waals surface area contributed by atoms with Crippen LogP contribution in [0, 0.1) is 5.92 Å². The Balaban J connectivity index is 2.75. The maximum absolute atomic E-state index is 12.5. The molecule has 0 unspecified atom stereocenters. The summed E-state index contributed by atoms with van der Waals surface area (Å²) < 4.78 is 24.5. The minimum Gasteiger partial charge on any atom is -0.389 e. The molecule has 0 aromatic carbocycles. The summed E-state index contributed by atoms with van der Waals surface area (Å²) in [5.74, 6) is -0.372. The first kappa shape index (κ1) is 17.4. The number of carbonyl (C=O) groups is 1. The molecule has 1 fully saturated rings. The maximum Gasteiger partial charge on any atom is 0.227 e. The summed E-state index contributed by atoms with van der Waals surface area (Å²) in [5, 5.41) is 9.85. The van der Waals surface area contributed by atoms with Crippen molar-refractivity contribution in [3.8, 4) is 0 Å². The van der Waals surface area contributed by atoms with Crippen LogP contribution in [0.2, 0.25) is 0 Å². The van der Waals surface area contributed by atoms with Gasteiger partial charge in [0.2, 0.25) is 15.9 Å². The van der Waals surface area contributed by atoms with E-state index in [1.807, 2.05) is 6.92 Å². The summed E-state index contributed by atoms with van der Waals surface area (Å²) in [6, 6.07) is 0. The molecule has 20 heavy (non-hydrogen) atoms. The van der Waals surface area contributed by atoms with Crippen LogP contribution in [-0.2, 0) is 14.8 Å². The third-order valence-electron chi connectivity index (χ3n) is 3.47. The van der Waals surface area contributed by atoms with Crippen molar-refractivity contribution in [1.82, 2.24) is 9.21 Å². The quantitative estimate of drug-likeness (QED) is 0.791. The number of likely N-dealkylation sites (N-methyl/N-ethyl adjacent to an activating group) is 1. The van der Waals surface area contributed by atoms with Crippen molar-refractivity contribution in [2.24, 2.45) is 5.92 Å². The van der Waals surface area contributed by atoms with Crippen LogP contribution in [0.1, 0.15) is 33.6 Å². The van der Waals surface area contributed by atoms with Gasteiger partial charge in [0.15, 0.2) is 0 Å². The minimum atomic E-state index is -3.25. The molecule has 0 aromatic heterocycles. The number of hydrogen-bond acceptors (Lipinski definition) is 4. The van der Waals surface area contributed by atoms with Crippen molar-refractivity contribution in [1.29, 1.82) is 0 Å². The fourth-order valence-corrected chi connectivity index (χ4v) is 3.43. The third-order valence-corrected chi connectivity index (χ3v) is 4.74. The smallest absolute Gasteiger partial charge is 0.227 e. The second-order valence-electron chi connectivity index (χ2n) is 6.13. The molecule has 1 rings (SSSR count). The number of carbonyl (C=O) groups excluding carboxylic acids is 1. The zero-order valence-corrected chi connectivity index (χ0v) is 13.6. The Morgan fingerprint density at radius 1 is 1.45 bits per heavy atom. The Kier molecular flexibility index (Phi) is 5.57. The molecule has 0 bridgehead atoms. The van der Waals surface area contributed by atoms with Crippen LogP contribution in [0.5, 0.6) is 0 Å². The molecular weight excluding hydrogens is 280 g/mol. The van der Waals surface area contributed by atoms with E-state index in [0.717, 1.165) is 0 Å². The molecular formula is C13H26N2O4S. The van der Waals surface area contributed by atoms with Gasteiger partial charge in [-0.25, -0.2) is 12.7 Å². The van der Waals surface area contributed by atoms with Gasteiger partial charge < -0.3 is 10.0 Å². The summed E-state index contributed by atoms with van der Waals surface area (Å²) in [5.41, 5.74) is -0.948. The van der Waals surface area contributed by atoms with Gasteiger partial charge in [-0.05, 0) is 33.6 Å². The lowest BCUT2D eigenvalue weighted by Gasteiger charge is -2.35. The largest absolute Gasteiger partial charge is 0.389 e. The standard InChI is InChI=1S/C13H26N2O4S/c1-5-14(10-13(2,3)17)12(16)11-7-6-8-15(9-11)20(4,18)19/h11,17H,5-10H2,1-4H3/t11-/m1/s1. The van der Waals surface area contributed by atoms with Gasteiger partial charge in [-0.15, -0.1) is 0 Å². The SMILES string of the molecule is CCN(CC(C)(C)O)C(=O)[C@@H]1CCCN(S(C)(=O)=O)C1. The van der Waals surface area contributed by atoms with Crippen molar-refractivity contribution in [2.45, 2.75) is 39.2 Å². The molecule has 0 radical (unpaired) electrons. The Morgan fingerprint density at radius 3 is 2.50 bits per heavy atom. The third kappa shape index (κ3) is 5.03. The molecule has 0 aromatic rings. The van der Waals surface area contributed by atoms with Crippen molar-refractivity contribution in [3.63, 3.8) is 0 Å². The van der Waals surface area contributed by atoms with Crippen LogP contribution in [0.15, 0.2) is 0 Å². The summed E-state index contributed by atoms with van der Waals surface area (Å²) >= 11 is 0. The van der Waals surface area contributed by atoms with Crippen LogP contribution < -0.4 is 0 Å². The van der Waals surface area contributed by atoms with Gasteiger partial charge in [-0.2, -0.15) is 0 Å². The van der Waals surface area contributed by atoms with Crippen LogP contribution in [-0.4, -0.2) is 66.7 Å². The number of nitrogens with zero attached hydrogens (tertiary/aromatic N) is 2. The lowest BCUT2D eigenvalue weighted by molar-refractivity contribution is -0.139. The first-order valence-corrected chi connectivity index (χ1v) is 8.85. The lowest BCUT2D eigenvalue weighted by atomic mass is 9.97. The van der Waals surface area contributed by atoms with Crippen LogP contribution in [0.4, 0.5) is 0 Å². The van der Waals surface area contributed by atoms with E-state index in [9.17, 15) is 18.3 Å². The second-order valence-corrected chi connectivity index (χ2v) is 8.11. The van der Waals surface area contributed by atoms with Gasteiger partial charge in [0.1, 0.15) is 0 Å². The Labute approximate surface area is 121 Å². The molecule has 0 aliphatic carbocycles. The first-order chi connectivity index (χ1) is 9.04. The van der Waals surface area contributed by atoms with E-state index in [2.05, 4.69) is 0 Å². The Morgan fingerprint density at radius 2 is 2.05 bits per heavy atom. The summed E-state index contributed by atoms with van der Waals surface area (Å²) in [6.07, 6.45) is 2.57. The molecule has 1 aliphatic heterocycles. The summed E-state index contributed by atoms with van der Waals surface area (Å²) in [6.45, 7) is 6.69. The average Bonchev–Trinajstić information content (AvgIpc) is 2.33. The topological polar surface area (TPSA) is 77.9 Å². The number of hydrogen-bond donors (Lipinski definition) is 1. The molecule has 1 aliphatic rings. The molecule has 1 heterocycles. The highest BCUT2D eigenvalue weighted by molar-refractivity contribution is 7.88. The molecule has 1 amide bonds. The lowest BCUT2D eigenvalue weighted by Crippen LogP contribution is -2.49. The highest BCUT2D eigenvalue weighted by atomic mass is 32.2. The van der Waals surface area contributed by atoms with E-state index in [0.29, 0.717) is 25.9 Å². The van der Waals surface area contributed by atoms with E-state index in [1.165, 1.54) is 10.6 Å². The summed E-state index contributed by atoms with van der Waals surface area (Å²) in [7, 11) is -3.25. The van der Waals surface area contributed by atoms with Crippen molar-refractivity contribution in [3.05, 3.63) is 0 Å². The van der Waals surface area contributed by atoms with Gasteiger partial charge in [0.05, 0.1) is 17.8 Å². The van der Waals surface area contributed by atoms with Crippen LogP contribution in [0.25, 0.3) is 0 Å². The Hall–Kier alpha value is -0.660. The monoisotopic (exact) mass is 306 g/mol. The van der Waals surface area contributed by atoms with Crippen molar-refractivity contribution < 1.29 is 18.3 Å². The molecule has 1 atom stereocenters. The maximum atomic E-state index is 12.5. The molecule has 0 spiro atoms. The van der Waals surface area contributed by atoms with Gasteiger partial charge in [0, 0.05) is 26.2 Å². The molecule has 7 heteroatoms. The van der Waals surface area contributed by atoms with Gasteiger partial charge >= 0.3 is 0 Å². The van der Waals surface area contributed by atoms with E-state index in [4.69, 9.17) is 0 Å².